The van der Waals surface area contributed by atoms with E-state index >= 15 is 0 Å². The number of hydrogen-bond donors (Lipinski definition) is 0. The fourth-order valence-electron chi connectivity index (χ4n) is 2.84. The van der Waals surface area contributed by atoms with Crippen molar-refractivity contribution in [2.45, 2.75) is 39.9 Å². The molecule has 0 radical (unpaired) electrons. The Bertz CT molecular complexity index is 865. The molecule has 0 saturated carbocycles. The molecular formula is C20H27ClN2O4S. The summed E-state index contributed by atoms with van der Waals surface area (Å²) in [7, 11) is -3.61. The molecule has 0 saturated heterocycles. The Morgan fingerprint density at radius 1 is 1.11 bits per heavy atom. The molecule has 154 valence electrons. The Hall–Kier alpha value is -1.83. The lowest BCUT2D eigenvalue weighted by Crippen LogP contribution is -2.46. The maximum atomic E-state index is 13.1. The number of hydrogen-bond acceptors (Lipinski definition) is 4. The summed E-state index contributed by atoms with van der Waals surface area (Å²) >= 11 is 5.64. The molecule has 0 atom stereocenters. The third-order valence-electron chi connectivity index (χ3n) is 4.27. The minimum atomic E-state index is -3.61. The van der Waals surface area contributed by atoms with Gasteiger partial charge in [-0.3, -0.25) is 4.79 Å². The monoisotopic (exact) mass is 426 g/mol. The van der Waals surface area contributed by atoms with Crippen molar-refractivity contribution in [3.63, 3.8) is 0 Å². The Morgan fingerprint density at radius 3 is 2.32 bits per heavy atom. The van der Waals surface area contributed by atoms with Gasteiger partial charge in [0.2, 0.25) is 15.9 Å². The van der Waals surface area contributed by atoms with Crippen LogP contribution in [-0.2, 0) is 27.9 Å². The highest BCUT2D eigenvalue weighted by Crippen LogP contribution is 2.15. The fraction of sp³-hybridized carbons (Fsp3) is 0.450. The Labute approximate surface area is 172 Å². The van der Waals surface area contributed by atoms with Gasteiger partial charge in [0.1, 0.15) is 11.5 Å². The van der Waals surface area contributed by atoms with Gasteiger partial charge in [-0.2, -0.15) is 4.31 Å². The second kappa shape index (κ2) is 10.1. The Morgan fingerprint density at radius 2 is 1.79 bits per heavy atom. The molecule has 28 heavy (non-hydrogen) atoms. The first-order chi connectivity index (χ1) is 13.2. The van der Waals surface area contributed by atoms with Crippen LogP contribution in [0.3, 0.4) is 0 Å². The number of halogens is 1. The van der Waals surface area contributed by atoms with Gasteiger partial charge in [-0.15, -0.1) is 11.6 Å². The largest absolute Gasteiger partial charge is 0.464 e. The van der Waals surface area contributed by atoms with Crippen LogP contribution in [0.25, 0.3) is 0 Å². The van der Waals surface area contributed by atoms with E-state index in [9.17, 15) is 13.2 Å². The van der Waals surface area contributed by atoms with Gasteiger partial charge in [0.25, 0.3) is 0 Å². The van der Waals surface area contributed by atoms with Crippen LogP contribution in [0, 0.1) is 6.92 Å². The Kier molecular flexibility index (Phi) is 8.10. The van der Waals surface area contributed by atoms with E-state index in [2.05, 4.69) is 0 Å². The summed E-state index contributed by atoms with van der Waals surface area (Å²) in [6, 6.07) is 12.9. The third-order valence-corrected chi connectivity index (χ3v) is 6.67. The molecule has 0 aliphatic heterocycles. The van der Waals surface area contributed by atoms with Crippen LogP contribution in [0.4, 0.5) is 0 Å². The number of amides is 1. The number of aryl methyl sites for hydroxylation is 1. The van der Waals surface area contributed by atoms with Crippen LogP contribution >= 0.6 is 11.6 Å². The van der Waals surface area contributed by atoms with Crippen molar-refractivity contribution in [2.24, 2.45) is 0 Å². The van der Waals surface area contributed by atoms with Crippen molar-refractivity contribution in [2.75, 3.05) is 18.2 Å². The van der Waals surface area contributed by atoms with Gasteiger partial charge in [-0.25, -0.2) is 8.42 Å². The van der Waals surface area contributed by atoms with Gasteiger partial charge in [0, 0.05) is 18.5 Å². The zero-order chi connectivity index (χ0) is 20.7. The zero-order valence-corrected chi connectivity index (χ0v) is 18.0. The predicted molar refractivity (Wildman–Crippen MR) is 110 cm³/mol. The van der Waals surface area contributed by atoms with E-state index in [1.165, 1.54) is 4.31 Å². The maximum absolute atomic E-state index is 13.1. The molecule has 6 nitrogen and oxygen atoms in total. The minimum absolute atomic E-state index is 0.0147. The minimum Gasteiger partial charge on any atom is -0.464 e. The summed E-state index contributed by atoms with van der Waals surface area (Å²) in [5.41, 5.74) is 0.957. The van der Waals surface area contributed by atoms with Gasteiger partial charge in [0.05, 0.1) is 18.8 Å². The number of benzene rings is 1. The molecule has 1 aromatic carbocycles. The van der Waals surface area contributed by atoms with Crippen molar-refractivity contribution < 1.29 is 17.6 Å². The lowest BCUT2D eigenvalue weighted by Gasteiger charge is -2.29. The number of sulfonamides is 1. The highest BCUT2D eigenvalue weighted by atomic mass is 35.5. The molecular weight excluding hydrogens is 400 g/mol. The van der Waals surface area contributed by atoms with Gasteiger partial charge in [-0.05, 0) is 38.5 Å². The molecule has 2 aromatic rings. The predicted octanol–water partition coefficient (Wildman–Crippen LogP) is 3.40. The van der Waals surface area contributed by atoms with Crippen LogP contribution < -0.4 is 0 Å². The van der Waals surface area contributed by atoms with Gasteiger partial charge in [-0.1, -0.05) is 30.3 Å². The summed E-state index contributed by atoms with van der Waals surface area (Å²) in [6.45, 7) is 5.73. The molecule has 0 unspecified atom stereocenters. The highest BCUT2D eigenvalue weighted by Gasteiger charge is 2.29. The zero-order valence-electron chi connectivity index (χ0n) is 16.5. The Balaban J connectivity index is 2.23. The molecule has 0 fully saturated rings. The van der Waals surface area contributed by atoms with Crippen molar-refractivity contribution in [1.29, 1.82) is 0 Å². The molecule has 0 spiro atoms. The first kappa shape index (κ1) is 22.5. The van der Waals surface area contributed by atoms with Gasteiger partial charge < -0.3 is 9.32 Å². The molecule has 1 heterocycles. The first-order valence-electron chi connectivity index (χ1n) is 9.15. The van der Waals surface area contributed by atoms with Gasteiger partial charge >= 0.3 is 0 Å². The summed E-state index contributed by atoms with van der Waals surface area (Å²) < 4.78 is 31.8. The third kappa shape index (κ3) is 6.36. The van der Waals surface area contributed by atoms with Crippen molar-refractivity contribution >= 4 is 27.5 Å². The second-order valence-corrected chi connectivity index (χ2v) is 9.31. The second-order valence-electron chi connectivity index (χ2n) is 6.89. The fourth-order valence-corrected chi connectivity index (χ4v) is 4.81. The molecule has 1 aromatic heterocycles. The lowest BCUT2D eigenvalue weighted by molar-refractivity contribution is -0.133. The highest BCUT2D eigenvalue weighted by molar-refractivity contribution is 7.89. The lowest BCUT2D eigenvalue weighted by atomic mass is 10.2. The number of carbonyl (C=O) groups excluding carboxylic acids is 1. The summed E-state index contributed by atoms with van der Waals surface area (Å²) in [5.74, 6) is 0.914. The van der Waals surface area contributed by atoms with E-state index in [0.717, 1.165) is 11.3 Å². The molecule has 1 amide bonds. The standard InChI is InChI=1S/C20H27ClN2O4S/c1-16(2)23(28(25,26)12-11-21)15-20(24)22(13-18-7-5-4-6-8-18)14-19-10-9-17(3)27-19/h4-10,16H,11-15H2,1-3H3. The van der Waals surface area contributed by atoms with E-state index in [-0.39, 0.29) is 36.7 Å². The number of furan rings is 1. The van der Waals surface area contributed by atoms with Crippen LogP contribution in [0.2, 0.25) is 0 Å². The van der Waals surface area contributed by atoms with Crippen LogP contribution in [0.1, 0.15) is 30.9 Å². The van der Waals surface area contributed by atoms with Crippen LogP contribution in [0.15, 0.2) is 46.9 Å². The molecule has 0 aliphatic rings. The smallest absolute Gasteiger partial charge is 0.238 e. The van der Waals surface area contributed by atoms with E-state index in [4.69, 9.17) is 16.0 Å². The molecule has 0 bridgehead atoms. The van der Waals surface area contributed by atoms with E-state index < -0.39 is 10.0 Å². The number of nitrogens with zero attached hydrogens (tertiary/aromatic N) is 2. The summed E-state index contributed by atoms with van der Waals surface area (Å²) in [6.07, 6.45) is 0. The van der Waals surface area contributed by atoms with Crippen molar-refractivity contribution in [3.8, 4) is 0 Å². The van der Waals surface area contributed by atoms with Crippen LogP contribution in [0.5, 0.6) is 0 Å². The summed E-state index contributed by atoms with van der Waals surface area (Å²) in [5, 5.41) is 0. The molecule has 0 N–H and O–H groups in total. The van der Waals surface area contributed by atoms with Gasteiger partial charge in [0.15, 0.2) is 0 Å². The first-order valence-corrected chi connectivity index (χ1v) is 11.3. The average Bonchev–Trinajstić information content (AvgIpc) is 3.04. The normalized spacial score (nSPS) is 11.9. The van der Waals surface area contributed by atoms with Crippen LogP contribution in [-0.4, -0.2) is 47.7 Å². The SMILES string of the molecule is Cc1ccc(CN(Cc2ccccc2)C(=O)CN(C(C)C)S(=O)(=O)CCCl)o1. The molecule has 8 heteroatoms. The molecule has 0 aliphatic carbocycles. The van der Waals surface area contributed by atoms with E-state index in [1.54, 1.807) is 18.7 Å². The number of alkyl halides is 1. The maximum Gasteiger partial charge on any atom is 0.238 e. The molecule has 2 rings (SSSR count). The topological polar surface area (TPSA) is 70.8 Å². The van der Waals surface area contributed by atoms with E-state index in [0.29, 0.717) is 12.3 Å². The number of rotatable bonds is 10. The van der Waals surface area contributed by atoms with E-state index in [1.807, 2.05) is 49.4 Å². The van der Waals surface area contributed by atoms with Crippen molar-refractivity contribution in [3.05, 3.63) is 59.5 Å². The summed E-state index contributed by atoms with van der Waals surface area (Å²) in [4.78, 5) is 14.7. The average molecular weight is 427 g/mol. The quantitative estimate of drug-likeness (QED) is 0.546. The van der Waals surface area contributed by atoms with Crippen molar-refractivity contribution in [1.82, 2.24) is 9.21 Å². The number of carbonyl (C=O) groups is 1.